The van der Waals surface area contributed by atoms with Gasteiger partial charge in [0.1, 0.15) is 0 Å². The summed E-state index contributed by atoms with van der Waals surface area (Å²) in [5.41, 5.74) is 1.88. The molecule has 0 spiro atoms. The molecule has 2 aromatic carbocycles. The molecule has 0 heterocycles. The fourth-order valence-corrected chi connectivity index (χ4v) is 2.63. The van der Waals surface area contributed by atoms with E-state index in [-0.39, 0.29) is 31.0 Å². The molecule has 2 rings (SSSR count). The number of hydrogen-bond acceptors (Lipinski definition) is 7. The molecule has 0 aliphatic heterocycles. The van der Waals surface area contributed by atoms with Gasteiger partial charge in [-0.15, -0.1) is 0 Å². The van der Waals surface area contributed by atoms with Gasteiger partial charge in [0.05, 0.1) is 12.7 Å². The Morgan fingerprint density at radius 1 is 0.750 bits per heavy atom. The van der Waals surface area contributed by atoms with Crippen LogP contribution >= 0.6 is 0 Å². The van der Waals surface area contributed by atoms with E-state index >= 15 is 0 Å². The molecule has 0 fully saturated rings. The summed E-state index contributed by atoms with van der Waals surface area (Å²) in [6, 6.07) is 12.5. The van der Waals surface area contributed by atoms with Crippen LogP contribution in [-0.2, 0) is 23.9 Å². The Labute approximate surface area is 185 Å². The molecular formula is C23H24N2O7. The van der Waals surface area contributed by atoms with E-state index in [2.05, 4.69) is 15.4 Å². The van der Waals surface area contributed by atoms with Gasteiger partial charge >= 0.3 is 11.9 Å². The molecule has 0 atom stereocenters. The predicted molar refractivity (Wildman–Crippen MR) is 116 cm³/mol. The average molecular weight is 440 g/mol. The molecule has 9 nitrogen and oxygen atoms in total. The lowest BCUT2D eigenvalue weighted by Gasteiger charge is -2.08. The summed E-state index contributed by atoms with van der Waals surface area (Å²) in [5.74, 6) is -1.96. The van der Waals surface area contributed by atoms with Crippen LogP contribution < -0.4 is 10.6 Å². The summed E-state index contributed by atoms with van der Waals surface area (Å²) in [6.07, 6.45) is 0.340. The lowest BCUT2D eigenvalue weighted by Crippen LogP contribution is -2.21. The molecule has 0 saturated carbocycles. The van der Waals surface area contributed by atoms with E-state index in [9.17, 15) is 24.0 Å². The zero-order valence-electron chi connectivity index (χ0n) is 17.8. The molecule has 0 bridgehead atoms. The van der Waals surface area contributed by atoms with Crippen molar-refractivity contribution in [1.29, 1.82) is 0 Å². The predicted octanol–water partition coefficient (Wildman–Crippen LogP) is 2.97. The van der Waals surface area contributed by atoms with Crippen molar-refractivity contribution in [2.45, 2.75) is 26.2 Å². The van der Waals surface area contributed by atoms with Crippen LogP contribution in [0.25, 0.3) is 0 Å². The molecular weight excluding hydrogens is 416 g/mol. The number of anilines is 2. The van der Waals surface area contributed by atoms with Crippen molar-refractivity contribution in [1.82, 2.24) is 0 Å². The number of amides is 2. The third-order valence-electron chi connectivity index (χ3n) is 4.31. The minimum absolute atomic E-state index is 0.0161. The summed E-state index contributed by atoms with van der Waals surface area (Å²) in [6.45, 7) is 0.992. The molecule has 0 saturated heterocycles. The number of hydrogen-bond donors (Lipinski definition) is 2. The van der Waals surface area contributed by atoms with Crippen molar-refractivity contribution >= 4 is 40.9 Å². The smallest absolute Gasteiger partial charge is 0.337 e. The van der Waals surface area contributed by atoms with Crippen LogP contribution in [0, 0.1) is 0 Å². The summed E-state index contributed by atoms with van der Waals surface area (Å²) < 4.78 is 9.49. The summed E-state index contributed by atoms with van der Waals surface area (Å²) >= 11 is 0. The van der Waals surface area contributed by atoms with Gasteiger partial charge in [-0.25, -0.2) is 4.79 Å². The van der Waals surface area contributed by atoms with Gasteiger partial charge in [-0.2, -0.15) is 0 Å². The first-order chi connectivity index (χ1) is 15.3. The van der Waals surface area contributed by atoms with Crippen LogP contribution in [0.4, 0.5) is 11.4 Å². The Hall–Kier alpha value is -4.01. The largest absolute Gasteiger partial charge is 0.465 e. The molecule has 2 amide bonds. The quantitative estimate of drug-likeness (QED) is 0.429. The van der Waals surface area contributed by atoms with Crippen LogP contribution in [0.5, 0.6) is 0 Å². The van der Waals surface area contributed by atoms with Crippen molar-refractivity contribution in [2.24, 2.45) is 0 Å². The van der Waals surface area contributed by atoms with E-state index in [1.807, 2.05) is 0 Å². The number of ketones is 1. The maximum atomic E-state index is 11.9. The summed E-state index contributed by atoms with van der Waals surface area (Å²) in [7, 11) is 1.27. The molecule has 168 valence electrons. The highest BCUT2D eigenvalue weighted by atomic mass is 16.5. The minimum Gasteiger partial charge on any atom is -0.465 e. The standard InChI is InChI=1S/C23H24N2O7/c1-15(26)16-6-10-18(11-7-16)24-20(27)4-3-5-22(29)32-14-21(28)25-19-12-8-17(9-13-19)23(30)31-2/h6-13H,3-5,14H2,1-2H3,(H,24,27)(H,25,28). The highest BCUT2D eigenvalue weighted by molar-refractivity contribution is 5.96. The number of carbonyl (C=O) groups excluding carboxylic acids is 5. The zero-order chi connectivity index (χ0) is 23.5. The maximum absolute atomic E-state index is 11.9. The summed E-state index contributed by atoms with van der Waals surface area (Å²) in [4.78, 5) is 58.2. The Morgan fingerprint density at radius 3 is 1.81 bits per heavy atom. The van der Waals surface area contributed by atoms with Crippen LogP contribution in [-0.4, -0.2) is 43.3 Å². The molecule has 2 aromatic rings. The fraction of sp³-hybridized carbons (Fsp3) is 0.261. The second kappa shape index (κ2) is 12.0. The van der Waals surface area contributed by atoms with Gasteiger partial charge in [0.2, 0.25) is 5.91 Å². The number of rotatable bonds is 10. The topological polar surface area (TPSA) is 128 Å². The first-order valence-corrected chi connectivity index (χ1v) is 9.83. The van der Waals surface area contributed by atoms with E-state index < -0.39 is 24.5 Å². The van der Waals surface area contributed by atoms with E-state index in [0.717, 1.165) is 0 Å². The molecule has 0 aliphatic carbocycles. The van der Waals surface area contributed by atoms with E-state index in [1.54, 1.807) is 24.3 Å². The third-order valence-corrected chi connectivity index (χ3v) is 4.31. The van der Waals surface area contributed by atoms with Gasteiger partial charge in [0.15, 0.2) is 12.4 Å². The molecule has 0 radical (unpaired) electrons. The van der Waals surface area contributed by atoms with Crippen molar-refractivity contribution in [3.8, 4) is 0 Å². The molecule has 0 unspecified atom stereocenters. The second-order valence-electron chi connectivity index (χ2n) is 6.81. The van der Waals surface area contributed by atoms with E-state index in [1.165, 1.54) is 38.3 Å². The molecule has 0 aromatic heterocycles. The minimum atomic E-state index is -0.597. The first-order valence-electron chi connectivity index (χ1n) is 9.83. The van der Waals surface area contributed by atoms with Gasteiger partial charge in [-0.1, -0.05) is 0 Å². The highest BCUT2D eigenvalue weighted by Crippen LogP contribution is 2.12. The Bertz CT molecular complexity index is 982. The van der Waals surface area contributed by atoms with Crippen molar-refractivity contribution < 1.29 is 33.4 Å². The van der Waals surface area contributed by atoms with Gasteiger partial charge < -0.3 is 20.1 Å². The monoisotopic (exact) mass is 440 g/mol. The van der Waals surface area contributed by atoms with Crippen LogP contribution in [0.2, 0.25) is 0 Å². The first kappa shape index (κ1) is 24.3. The fourth-order valence-electron chi connectivity index (χ4n) is 2.63. The number of benzene rings is 2. The highest BCUT2D eigenvalue weighted by Gasteiger charge is 2.11. The zero-order valence-corrected chi connectivity index (χ0v) is 17.8. The van der Waals surface area contributed by atoms with Crippen LogP contribution in [0.1, 0.15) is 46.9 Å². The lowest BCUT2D eigenvalue weighted by molar-refractivity contribution is -0.147. The Balaban J connectivity index is 1.65. The number of Topliss-reactive ketones (excluding diaryl/α,β-unsaturated/α-hetero) is 1. The third kappa shape index (κ3) is 8.02. The normalized spacial score (nSPS) is 10.1. The van der Waals surface area contributed by atoms with Crippen molar-refractivity contribution in [3.63, 3.8) is 0 Å². The second-order valence-corrected chi connectivity index (χ2v) is 6.81. The number of ether oxygens (including phenoxy) is 2. The van der Waals surface area contributed by atoms with Crippen molar-refractivity contribution in [3.05, 3.63) is 59.7 Å². The van der Waals surface area contributed by atoms with E-state index in [4.69, 9.17) is 4.74 Å². The van der Waals surface area contributed by atoms with Gasteiger partial charge in [0.25, 0.3) is 5.91 Å². The molecule has 9 heteroatoms. The lowest BCUT2D eigenvalue weighted by atomic mass is 10.1. The van der Waals surface area contributed by atoms with Gasteiger partial charge in [-0.05, 0) is 61.9 Å². The number of methoxy groups -OCH3 is 1. The Kier molecular flexibility index (Phi) is 9.09. The SMILES string of the molecule is COC(=O)c1ccc(NC(=O)COC(=O)CCCC(=O)Nc2ccc(C(C)=O)cc2)cc1. The average Bonchev–Trinajstić information content (AvgIpc) is 2.78. The van der Waals surface area contributed by atoms with Crippen LogP contribution in [0.15, 0.2) is 48.5 Å². The van der Waals surface area contributed by atoms with Crippen molar-refractivity contribution in [2.75, 3.05) is 24.4 Å². The van der Waals surface area contributed by atoms with E-state index in [0.29, 0.717) is 22.5 Å². The van der Waals surface area contributed by atoms with Gasteiger partial charge in [0, 0.05) is 29.8 Å². The Morgan fingerprint density at radius 2 is 1.28 bits per heavy atom. The number of carbonyl (C=O) groups is 5. The molecule has 0 aliphatic rings. The molecule has 2 N–H and O–H groups in total. The van der Waals surface area contributed by atoms with Gasteiger partial charge in [-0.3, -0.25) is 19.2 Å². The molecule has 32 heavy (non-hydrogen) atoms. The number of nitrogens with one attached hydrogen (secondary N) is 2. The number of esters is 2. The van der Waals surface area contributed by atoms with Crippen LogP contribution in [0.3, 0.4) is 0 Å². The maximum Gasteiger partial charge on any atom is 0.337 e. The summed E-state index contributed by atoms with van der Waals surface area (Å²) in [5, 5.41) is 5.22.